The van der Waals surface area contributed by atoms with Crippen LogP contribution in [0.3, 0.4) is 0 Å². The smallest absolute Gasteiger partial charge is 0.238 e. The Morgan fingerprint density at radius 2 is 2.00 bits per heavy atom. The zero-order chi connectivity index (χ0) is 18.4. The predicted octanol–water partition coefficient (Wildman–Crippen LogP) is 3.53. The van der Waals surface area contributed by atoms with Crippen molar-refractivity contribution in [2.75, 3.05) is 18.4 Å². The summed E-state index contributed by atoms with van der Waals surface area (Å²) in [4.78, 5) is 18.9. The van der Waals surface area contributed by atoms with E-state index in [1.165, 1.54) is 0 Å². The molecule has 1 amide bonds. The molecule has 6 heteroatoms. The van der Waals surface area contributed by atoms with Crippen LogP contribution >= 0.6 is 0 Å². The van der Waals surface area contributed by atoms with Gasteiger partial charge in [-0.15, -0.1) is 0 Å². The van der Waals surface area contributed by atoms with Crippen LogP contribution < -0.4 is 5.32 Å². The number of nitrogens with zero attached hydrogens (tertiary/aromatic N) is 3. The Kier molecular flexibility index (Phi) is 6.31. The van der Waals surface area contributed by atoms with Crippen molar-refractivity contribution in [3.8, 4) is 0 Å². The van der Waals surface area contributed by atoms with Crippen LogP contribution in [0.15, 0.2) is 28.8 Å². The van der Waals surface area contributed by atoms with E-state index in [1.54, 1.807) is 0 Å². The molecule has 0 aliphatic carbocycles. The van der Waals surface area contributed by atoms with E-state index >= 15 is 0 Å². The SMILES string of the molecule is CCCN(CC(=O)Nc1ccccc1C)Cc1noc(C(C)(C)C)n1. The van der Waals surface area contributed by atoms with Gasteiger partial charge < -0.3 is 9.84 Å². The average molecular weight is 344 g/mol. The van der Waals surface area contributed by atoms with E-state index in [0.29, 0.717) is 24.8 Å². The molecule has 25 heavy (non-hydrogen) atoms. The number of aryl methyl sites for hydroxylation is 1. The van der Waals surface area contributed by atoms with Gasteiger partial charge in [0.2, 0.25) is 11.8 Å². The largest absolute Gasteiger partial charge is 0.339 e. The lowest BCUT2D eigenvalue weighted by Gasteiger charge is -2.19. The molecular weight excluding hydrogens is 316 g/mol. The number of para-hydroxylation sites is 1. The topological polar surface area (TPSA) is 71.3 Å². The zero-order valence-electron chi connectivity index (χ0n) is 15.8. The second-order valence-electron chi connectivity index (χ2n) is 7.34. The first-order chi connectivity index (χ1) is 11.8. The van der Waals surface area contributed by atoms with Gasteiger partial charge >= 0.3 is 0 Å². The van der Waals surface area contributed by atoms with E-state index < -0.39 is 0 Å². The van der Waals surface area contributed by atoms with E-state index in [1.807, 2.05) is 56.9 Å². The highest BCUT2D eigenvalue weighted by Gasteiger charge is 2.22. The molecule has 0 saturated carbocycles. The van der Waals surface area contributed by atoms with E-state index in [2.05, 4.69) is 22.4 Å². The standard InChI is InChI=1S/C19H28N4O2/c1-6-11-23(12-16-21-18(25-22-16)19(3,4)5)13-17(24)20-15-10-8-7-9-14(15)2/h7-10H,6,11-13H2,1-5H3,(H,20,24). The number of anilines is 1. The summed E-state index contributed by atoms with van der Waals surface area (Å²) in [5.41, 5.74) is 1.72. The van der Waals surface area contributed by atoms with Crippen molar-refractivity contribution in [2.24, 2.45) is 0 Å². The third-order valence-electron chi connectivity index (χ3n) is 3.80. The van der Waals surface area contributed by atoms with Gasteiger partial charge in [0, 0.05) is 11.1 Å². The zero-order valence-corrected chi connectivity index (χ0v) is 15.8. The van der Waals surface area contributed by atoms with Gasteiger partial charge in [0.25, 0.3) is 0 Å². The third-order valence-corrected chi connectivity index (χ3v) is 3.80. The minimum atomic E-state index is -0.178. The Hall–Kier alpha value is -2.21. The fourth-order valence-electron chi connectivity index (χ4n) is 2.46. The highest BCUT2D eigenvalue weighted by molar-refractivity contribution is 5.92. The maximum atomic E-state index is 12.4. The lowest BCUT2D eigenvalue weighted by Crippen LogP contribution is -2.34. The minimum absolute atomic E-state index is 0.0395. The van der Waals surface area contributed by atoms with Crippen molar-refractivity contribution in [1.82, 2.24) is 15.0 Å². The lowest BCUT2D eigenvalue weighted by atomic mass is 9.97. The summed E-state index contributed by atoms with van der Waals surface area (Å²) in [6, 6.07) is 7.76. The summed E-state index contributed by atoms with van der Waals surface area (Å²) in [5.74, 6) is 1.19. The second kappa shape index (κ2) is 8.25. The number of rotatable bonds is 7. The molecule has 1 heterocycles. The van der Waals surface area contributed by atoms with Gasteiger partial charge in [0.05, 0.1) is 13.1 Å². The molecule has 1 aromatic heterocycles. The van der Waals surface area contributed by atoms with Crippen molar-refractivity contribution in [2.45, 2.75) is 53.0 Å². The number of carbonyl (C=O) groups excluding carboxylic acids is 1. The van der Waals surface area contributed by atoms with Crippen molar-refractivity contribution < 1.29 is 9.32 Å². The quantitative estimate of drug-likeness (QED) is 0.832. The summed E-state index contributed by atoms with van der Waals surface area (Å²) in [5, 5.41) is 7.02. The fourth-order valence-corrected chi connectivity index (χ4v) is 2.46. The van der Waals surface area contributed by atoms with E-state index in [4.69, 9.17) is 4.52 Å². The minimum Gasteiger partial charge on any atom is -0.339 e. The molecule has 0 radical (unpaired) electrons. The molecule has 0 bridgehead atoms. The van der Waals surface area contributed by atoms with Crippen LogP contribution in [0.4, 0.5) is 5.69 Å². The van der Waals surface area contributed by atoms with Gasteiger partial charge in [0.1, 0.15) is 0 Å². The summed E-state index contributed by atoms with van der Waals surface area (Å²) in [6.07, 6.45) is 0.946. The van der Waals surface area contributed by atoms with Gasteiger partial charge in [-0.2, -0.15) is 4.98 Å². The Morgan fingerprint density at radius 3 is 2.60 bits per heavy atom. The summed E-state index contributed by atoms with van der Waals surface area (Å²) in [6.45, 7) is 11.7. The maximum absolute atomic E-state index is 12.4. The van der Waals surface area contributed by atoms with E-state index in [9.17, 15) is 4.79 Å². The molecule has 0 unspecified atom stereocenters. The first-order valence-electron chi connectivity index (χ1n) is 8.70. The summed E-state index contributed by atoms with van der Waals surface area (Å²) >= 11 is 0. The summed E-state index contributed by atoms with van der Waals surface area (Å²) in [7, 11) is 0. The number of carbonyl (C=O) groups is 1. The Bertz CT molecular complexity index is 703. The van der Waals surface area contributed by atoms with Crippen molar-refractivity contribution in [1.29, 1.82) is 0 Å². The lowest BCUT2D eigenvalue weighted by molar-refractivity contribution is -0.117. The van der Waals surface area contributed by atoms with Crippen molar-refractivity contribution in [3.63, 3.8) is 0 Å². The van der Waals surface area contributed by atoms with Crippen LogP contribution in [0.5, 0.6) is 0 Å². The Labute approximate surface area is 149 Å². The molecule has 0 aliphatic heterocycles. The molecule has 0 atom stereocenters. The molecule has 0 saturated heterocycles. The number of nitrogens with one attached hydrogen (secondary N) is 1. The van der Waals surface area contributed by atoms with Crippen LogP contribution in [-0.2, 0) is 16.8 Å². The maximum Gasteiger partial charge on any atom is 0.238 e. The van der Waals surface area contributed by atoms with E-state index in [-0.39, 0.29) is 11.3 Å². The van der Waals surface area contributed by atoms with Gasteiger partial charge in [0.15, 0.2) is 5.82 Å². The molecule has 0 fully saturated rings. The average Bonchev–Trinajstić information content (AvgIpc) is 2.98. The highest BCUT2D eigenvalue weighted by Crippen LogP contribution is 2.20. The number of benzene rings is 1. The molecule has 2 aromatic rings. The van der Waals surface area contributed by atoms with Crippen LogP contribution in [0.25, 0.3) is 0 Å². The Morgan fingerprint density at radius 1 is 1.28 bits per heavy atom. The molecule has 6 nitrogen and oxygen atoms in total. The predicted molar refractivity (Wildman–Crippen MR) is 98.4 cm³/mol. The molecule has 0 spiro atoms. The van der Waals surface area contributed by atoms with Crippen LogP contribution in [-0.4, -0.2) is 34.0 Å². The molecular formula is C19H28N4O2. The summed E-state index contributed by atoms with van der Waals surface area (Å²) < 4.78 is 5.34. The fraction of sp³-hybridized carbons (Fsp3) is 0.526. The number of hydrogen-bond donors (Lipinski definition) is 1. The first kappa shape index (κ1) is 19.1. The monoisotopic (exact) mass is 344 g/mol. The molecule has 1 N–H and O–H groups in total. The molecule has 136 valence electrons. The normalized spacial score (nSPS) is 11.8. The Balaban J connectivity index is 1.99. The first-order valence-corrected chi connectivity index (χ1v) is 8.70. The van der Waals surface area contributed by atoms with Gasteiger partial charge in [-0.1, -0.05) is 51.1 Å². The number of amides is 1. The third kappa shape index (κ3) is 5.67. The van der Waals surface area contributed by atoms with E-state index in [0.717, 1.165) is 24.2 Å². The van der Waals surface area contributed by atoms with Gasteiger partial charge in [-0.05, 0) is 31.5 Å². The van der Waals surface area contributed by atoms with Crippen LogP contribution in [0.1, 0.15) is 51.4 Å². The van der Waals surface area contributed by atoms with Gasteiger partial charge in [-0.3, -0.25) is 9.69 Å². The molecule has 0 aliphatic rings. The second-order valence-corrected chi connectivity index (χ2v) is 7.34. The highest BCUT2D eigenvalue weighted by atomic mass is 16.5. The van der Waals surface area contributed by atoms with Crippen molar-refractivity contribution in [3.05, 3.63) is 41.5 Å². The molecule has 1 aromatic carbocycles. The number of aromatic nitrogens is 2. The van der Waals surface area contributed by atoms with Gasteiger partial charge in [-0.25, -0.2) is 0 Å². The number of hydrogen-bond acceptors (Lipinski definition) is 5. The van der Waals surface area contributed by atoms with Crippen LogP contribution in [0.2, 0.25) is 0 Å². The van der Waals surface area contributed by atoms with Crippen LogP contribution in [0, 0.1) is 6.92 Å². The molecule has 2 rings (SSSR count). The van der Waals surface area contributed by atoms with Crippen molar-refractivity contribution >= 4 is 11.6 Å².